The summed E-state index contributed by atoms with van der Waals surface area (Å²) in [6.07, 6.45) is -0.994. The number of nitrogens with one attached hydrogen (secondary N) is 2. The van der Waals surface area contributed by atoms with E-state index in [9.17, 15) is 27.2 Å². The number of ether oxygens (including phenoxy) is 1. The van der Waals surface area contributed by atoms with Crippen molar-refractivity contribution >= 4 is 23.2 Å². The average Bonchev–Trinajstić information content (AvgIpc) is 3.36. The summed E-state index contributed by atoms with van der Waals surface area (Å²) in [5, 5.41) is 13.6. The van der Waals surface area contributed by atoms with Crippen molar-refractivity contribution in [2.45, 2.75) is 39.3 Å². The summed E-state index contributed by atoms with van der Waals surface area (Å²) in [4.78, 5) is 25.8. The van der Waals surface area contributed by atoms with Gasteiger partial charge < -0.3 is 15.4 Å². The van der Waals surface area contributed by atoms with E-state index < -0.39 is 37.4 Å². The van der Waals surface area contributed by atoms with Crippen LogP contribution in [-0.2, 0) is 24.9 Å². The number of carbonyl (C=O) groups excluding carboxylic acids is 2. The van der Waals surface area contributed by atoms with Gasteiger partial charge in [0.25, 0.3) is 11.8 Å². The lowest BCUT2D eigenvalue weighted by atomic mass is 10.1. The number of halogens is 4. The van der Waals surface area contributed by atoms with E-state index in [1.54, 1.807) is 25.6 Å². The van der Waals surface area contributed by atoms with Gasteiger partial charge in [-0.15, -0.1) is 0 Å². The van der Waals surface area contributed by atoms with Gasteiger partial charge in [-0.2, -0.15) is 19.0 Å². The van der Waals surface area contributed by atoms with Crippen LogP contribution < -0.4 is 10.6 Å². The van der Waals surface area contributed by atoms with Crippen LogP contribution in [0.15, 0.2) is 36.7 Å². The van der Waals surface area contributed by atoms with Crippen LogP contribution in [0.3, 0.4) is 0 Å². The second kappa shape index (κ2) is 10.7. The van der Waals surface area contributed by atoms with E-state index in [1.807, 2.05) is 0 Å². The molecule has 1 aromatic carbocycles. The first kappa shape index (κ1) is 25.9. The SMILES string of the molecule is CCn1ncc(NC(=O)c2cccc(COCC(F)(F)C(F)F)c2)c1C(=O)Nc1cnn(C)c1C. The predicted octanol–water partition coefficient (Wildman–Crippen LogP) is 3.87. The van der Waals surface area contributed by atoms with Crippen LogP contribution in [0.2, 0.25) is 0 Å². The predicted molar refractivity (Wildman–Crippen MR) is 119 cm³/mol. The van der Waals surface area contributed by atoms with Crippen molar-refractivity contribution in [3.05, 3.63) is 59.2 Å². The minimum Gasteiger partial charge on any atom is -0.370 e. The number of alkyl halides is 4. The Morgan fingerprint density at radius 2 is 1.80 bits per heavy atom. The number of aromatic nitrogens is 4. The highest BCUT2D eigenvalue weighted by atomic mass is 19.3. The molecule has 2 amide bonds. The van der Waals surface area contributed by atoms with Crippen LogP contribution in [0.5, 0.6) is 0 Å². The molecule has 0 radical (unpaired) electrons. The van der Waals surface area contributed by atoms with E-state index in [0.29, 0.717) is 17.8 Å². The van der Waals surface area contributed by atoms with Gasteiger partial charge in [-0.05, 0) is 31.5 Å². The fraction of sp³-hybridized carbons (Fsp3) is 0.364. The summed E-state index contributed by atoms with van der Waals surface area (Å²) in [5.74, 6) is -5.36. The zero-order valence-electron chi connectivity index (χ0n) is 19.2. The second-order valence-electron chi connectivity index (χ2n) is 7.65. The fourth-order valence-corrected chi connectivity index (χ4v) is 3.12. The van der Waals surface area contributed by atoms with Crippen LogP contribution in [-0.4, -0.2) is 50.3 Å². The smallest absolute Gasteiger partial charge is 0.330 e. The molecule has 3 rings (SSSR count). The summed E-state index contributed by atoms with van der Waals surface area (Å²) >= 11 is 0. The van der Waals surface area contributed by atoms with E-state index in [0.717, 1.165) is 5.69 Å². The summed E-state index contributed by atoms with van der Waals surface area (Å²) in [7, 11) is 1.73. The monoisotopic (exact) mass is 496 g/mol. The number of benzene rings is 1. The summed E-state index contributed by atoms with van der Waals surface area (Å²) in [5.41, 5.74) is 2.00. The molecule has 0 aliphatic carbocycles. The van der Waals surface area contributed by atoms with Crippen molar-refractivity contribution in [1.29, 1.82) is 0 Å². The molecule has 0 aliphatic rings. The van der Waals surface area contributed by atoms with Gasteiger partial charge in [0.2, 0.25) is 0 Å². The highest BCUT2D eigenvalue weighted by Crippen LogP contribution is 2.24. The molecule has 35 heavy (non-hydrogen) atoms. The van der Waals surface area contributed by atoms with Gasteiger partial charge in [0, 0.05) is 19.2 Å². The van der Waals surface area contributed by atoms with E-state index >= 15 is 0 Å². The third kappa shape index (κ3) is 6.04. The first-order valence-electron chi connectivity index (χ1n) is 10.5. The third-order valence-electron chi connectivity index (χ3n) is 5.16. The van der Waals surface area contributed by atoms with Gasteiger partial charge in [0.1, 0.15) is 12.3 Å². The first-order chi connectivity index (χ1) is 16.5. The molecule has 188 valence electrons. The molecule has 2 N–H and O–H groups in total. The Bertz CT molecular complexity index is 1210. The molecule has 0 spiro atoms. The van der Waals surface area contributed by atoms with Gasteiger partial charge in [-0.25, -0.2) is 8.78 Å². The minimum atomic E-state index is -4.26. The average molecular weight is 496 g/mol. The highest BCUT2D eigenvalue weighted by Gasteiger charge is 2.40. The van der Waals surface area contributed by atoms with Crippen molar-refractivity contribution in [3.63, 3.8) is 0 Å². The lowest BCUT2D eigenvalue weighted by molar-refractivity contribution is -0.168. The Labute approximate surface area is 198 Å². The van der Waals surface area contributed by atoms with Crippen molar-refractivity contribution < 1.29 is 31.9 Å². The van der Waals surface area contributed by atoms with Crippen LogP contribution >= 0.6 is 0 Å². The molecular weight excluding hydrogens is 472 g/mol. The van der Waals surface area contributed by atoms with E-state index in [-0.39, 0.29) is 16.9 Å². The van der Waals surface area contributed by atoms with E-state index in [2.05, 4.69) is 20.8 Å². The Morgan fingerprint density at radius 3 is 2.43 bits per heavy atom. The van der Waals surface area contributed by atoms with Crippen molar-refractivity contribution in [2.24, 2.45) is 7.05 Å². The number of amides is 2. The van der Waals surface area contributed by atoms with Crippen LogP contribution in [0, 0.1) is 6.92 Å². The number of hydrogen-bond acceptors (Lipinski definition) is 5. The molecule has 0 saturated carbocycles. The molecule has 0 unspecified atom stereocenters. The molecule has 0 saturated heterocycles. The maximum atomic E-state index is 13.0. The molecule has 0 atom stereocenters. The normalized spacial score (nSPS) is 11.7. The summed E-state index contributed by atoms with van der Waals surface area (Å²) in [6, 6.07) is 5.84. The lowest BCUT2D eigenvalue weighted by Gasteiger charge is -2.15. The molecular formula is C22H24F4N6O3. The van der Waals surface area contributed by atoms with Gasteiger partial charge in [-0.1, -0.05) is 12.1 Å². The standard InChI is InChI=1S/C22H24F4N6O3/c1-4-32-18(20(34)29-16-9-27-31(3)13(16)2)17(10-28-32)30-19(33)15-7-5-6-14(8-15)11-35-12-22(25,26)21(23)24/h5-10,21H,4,11-12H2,1-3H3,(H,29,34)(H,30,33). The molecule has 13 heteroatoms. The molecule has 0 fully saturated rings. The maximum Gasteiger partial charge on any atom is 0.330 e. The van der Waals surface area contributed by atoms with Crippen molar-refractivity contribution in [1.82, 2.24) is 19.6 Å². The topological polar surface area (TPSA) is 103 Å². The lowest BCUT2D eigenvalue weighted by Crippen LogP contribution is -2.32. The molecule has 9 nitrogen and oxygen atoms in total. The first-order valence-corrected chi connectivity index (χ1v) is 10.5. The maximum absolute atomic E-state index is 13.0. The number of anilines is 2. The largest absolute Gasteiger partial charge is 0.370 e. The molecule has 0 bridgehead atoms. The number of hydrogen-bond donors (Lipinski definition) is 2. The number of nitrogens with zero attached hydrogens (tertiary/aromatic N) is 4. The zero-order valence-corrected chi connectivity index (χ0v) is 19.2. The Kier molecular flexibility index (Phi) is 7.89. The van der Waals surface area contributed by atoms with Crippen molar-refractivity contribution in [2.75, 3.05) is 17.2 Å². The van der Waals surface area contributed by atoms with Gasteiger partial charge in [0.15, 0.2) is 0 Å². The number of rotatable bonds is 10. The zero-order chi connectivity index (χ0) is 25.8. The molecule has 2 aromatic heterocycles. The van der Waals surface area contributed by atoms with Gasteiger partial charge in [0.05, 0.1) is 36.1 Å². The minimum absolute atomic E-state index is 0.123. The van der Waals surface area contributed by atoms with Crippen LogP contribution in [0.1, 0.15) is 39.0 Å². The molecule has 2 heterocycles. The third-order valence-corrected chi connectivity index (χ3v) is 5.16. The van der Waals surface area contributed by atoms with E-state index in [1.165, 1.54) is 41.3 Å². The van der Waals surface area contributed by atoms with Crippen LogP contribution in [0.25, 0.3) is 0 Å². The van der Waals surface area contributed by atoms with Crippen molar-refractivity contribution in [3.8, 4) is 0 Å². The Hall–Kier alpha value is -3.74. The fourth-order valence-electron chi connectivity index (χ4n) is 3.12. The van der Waals surface area contributed by atoms with Gasteiger partial charge >= 0.3 is 12.3 Å². The molecule has 3 aromatic rings. The Balaban J connectivity index is 1.72. The summed E-state index contributed by atoms with van der Waals surface area (Å²) < 4.78 is 58.2. The summed E-state index contributed by atoms with van der Waals surface area (Å²) in [6.45, 7) is 2.09. The molecule has 0 aliphatic heterocycles. The number of carbonyl (C=O) groups is 2. The quantitative estimate of drug-likeness (QED) is 0.415. The van der Waals surface area contributed by atoms with E-state index in [4.69, 9.17) is 4.74 Å². The van der Waals surface area contributed by atoms with Gasteiger partial charge in [-0.3, -0.25) is 19.0 Å². The Morgan fingerprint density at radius 1 is 1.11 bits per heavy atom. The van der Waals surface area contributed by atoms with Crippen LogP contribution in [0.4, 0.5) is 28.9 Å². The second-order valence-corrected chi connectivity index (χ2v) is 7.65. The highest BCUT2D eigenvalue weighted by molar-refractivity contribution is 6.11. The number of aryl methyl sites for hydroxylation is 2.